The second kappa shape index (κ2) is 6.59. The van der Waals surface area contributed by atoms with Gasteiger partial charge in [0.1, 0.15) is 5.82 Å². The molecule has 0 atom stereocenters. The van der Waals surface area contributed by atoms with Crippen molar-refractivity contribution in [3.8, 4) is 11.4 Å². The Bertz CT molecular complexity index is 762. The fourth-order valence-electron chi connectivity index (χ4n) is 1.95. The van der Waals surface area contributed by atoms with Crippen LogP contribution in [-0.2, 0) is 14.8 Å². The van der Waals surface area contributed by atoms with Gasteiger partial charge in [-0.05, 0) is 42.2 Å². The first-order valence-corrected chi connectivity index (χ1v) is 8.80. The molecule has 0 unspecified atom stereocenters. The van der Waals surface area contributed by atoms with Crippen LogP contribution in [-0.4, -0.2) is 48.0 Å². The van der Waals surface area contributed by atoms with E-state index < -0.39 is 15.8 Å². The molecule has 0 aliphatic heterocycles. The Morgan fingerprint density at radius 1 is 1.39 bits per heavy atom. The quantitative estimate of drug-likeness (QED) is 0.698. The largest absolute Gasteiger partial charge is 0.380 e. The number of tetrazole rings is 1. The average molecular weight is 341 g/mol. The lowest BCUT2D eigenvalue weighted by atomic mass is 10.2. The van der Waals surface area contributed by atoms with Gasteiger partial charge in [-0.25, -0.2) is 12.8 Å². The summed E-state index contributed by atoms with van der Waals surface area (Å²) in [6, 6.07) is 3.91. The standard InChI is InChI=1S/C13H16FN5O3S/c14-11-4-3-10(13-15-18-19-16-13)7-12(11)17-23(20,21)6-5-22-8-9-1-2-9/h3-4,7,9,17H,1-2,5-6,8H2,(H,15,16,18,19). The van der Waals surface area contributed by atoms with Gasteiger partial charge in [-0.2, -0.15) is 5.21 Å². The molecule has 2 aromatic rings. The summed E-state index contributed by atoms with van der Waals surface area (Å²) in [4.78, 5) is 0. The number of aromatic amines is 1. The summed E-state index contributed by atoms with van der Waals surface area (Å²) in [5, 5.41) is 13.2. The summed E-state index contributed by atoms with van der Waals surface area (Å²) in [7, 11) is -3.70. The zero-order valence-electron chi connectivity index (χ0n) is 12.2. The zero-order valence-corrected chi connectivity index (χ0v) is 13.0. The van der Waals surface area contributed by atoms with E-state index in [9.17, 15) is 12.8 Å². The Morgan fingerprint density at radius 3 is 2.91 bits per heavy atom. The fourth-order valence-corrected chi connectivity index (χ4v) is 2.88. The van der Waals surface area contributed by atoms with Gasteiger partial charge in [-0.1, -0.05) is 0 Å². The van der Waals surface area contributed by atoms with Crippen molar-refractivity contribution in [1.82, 2.24) is 20.6 Å². The van der Waals surface area contributed by atoms with Crippen LogP contribution < -0.4 is 4.72 Å². The molecule has 1 fully saturated rings. The maximum absolute atomic E-state index is 13.8. The minimum Gasteiger partial charge on any atom is -0.380 e. The first-order chi connectivity index (χ1) is 11.0. The van der Waals surface area contributed by atoms with E-state index in [0.29, 0.717) is 18.1 Å². The summed E-state index contributed by atoms with van der Waals surface area (Å²) in [5.74, 6) is -0.0984. The SMILES string of the molecule is O=S(=O)(CCOCC1CC1)Nc1cc(-c2nn[nH]n2)ccc1F. The Kier molecular flexibility index (Phi) is 4.53. The summed E-state index contributed by atoms with van der Waals surface area (Å²) < 4.78 is 45.3. The van der Waals surface area contributed by atoms with Gasteiger partial charge in [0.2, 0.25) is 15.8 Å². The molecule has 10 heteroatoms. The number of hydrogen-bond donors (Lipinski definition) is 2. The summed E-state index contributed by atoms with van der Waals surface area (Å²) >= 11 is 0. The number of anilines is 1. The summed E-state index contributed by atoms with van der Waals surface area (Å²) in [5.41, 5.74) is 0.289. The van der Waals surface area contributed by atoms with Crippen LogP contribution in [0.25, 0.3) is 11.4 Å². The molecule has 3 rings (SSSR count). The van der Waals surface area contributed by atoms with E-state index in [0.717, 1.165) is 18.9 Å². The topological polar surface area (TPSA) is 110 Å². The average Bonchev–Trinajstić information content (AvgIpc) is 3.17. The molecule has 23 heavy (non-hydrogen) atoms. The van der Waals surface area contributed by atoms with Crippen molar-refractivity contribution in [2.75, 3.05) is 23.7 Å². The van der Waals surface area contributed by atoms with Crippen LogP contribution in [0.5, 0.6) is 0 Å². The number of nitrogens with zero attached hydrogens (tertiary/aromatic N) is 3. The van der Waals surface area contributed by atoms with E-state index in [1.54, 1.807) is 0 Å². The predicted molar refractivity (Wildman–Crippen MR) is 80.5 cm³/mol. The molecule has 0 amide bonds. The van der Waals surface area contributed by atoms with Crippen molar-refractivity contribution in [3.05, 3.63) is 24.0 Å². The number of hydrogen-bond acceptors (Lipinski definition) is 6. The lowest BCUT2D eigenvalue weighted by molar-refractivity contribution is 0.138. The number of H-pyrrole nitrogens is 1. The lowest BCUT2D eigenvalue weighted by Gasteiger charge is -2.10. The van der Waals surface area contributed by atoms with Crippen LogP contribution in [0, 0.1) is 11.7 Å². The number of sulfonamides is 1. The van der Waals surface area contributed by atoms with Crippen molar-refractivity contribution in [2.45, 2.75) is 12.8 Å². The van der Waals surface area contributed by atoms with Gasteiger partial charge in [0.15, 0.2) is 0 Å². The van der Waals surface area contributed by atoms with Gasteiger partial charge in [0.25, 0.3) is 0 Å². The smallest absolute Gasteiger partial charge is 0.235 e. The Balaban J connectivity index is 1.64. The second-order valence-corrected chi connectivity index (χ2v) is 7.21. The van der Waals surface area contributed by atoms with E-state index in [2.05, 4.69) is 25.3 Å². The van der Waals surface area contributed by atoms with Crippen molar-refractivity contribution < 1.29 is 17.5 Å². The van der Waals surface area contributed by atoms with Crippen molar-refractivity contribution >= 4 is 15.7 Å². The molecule has 1 heterocycles. The van der Waals surface area contributed by atoms with E-state index in [1.807, 2.05) is 0 Å². The van der Waals surface area contributed by atoms with Crippen molar-refractivity contribution in [3.63, 3.8) is 0 Å². The van der Waals surface area contributed by atoms with E-state index >= 15 is 0 Å². The molecular formula is C13H16FN5O3S. The summed E-state index contributed by atoms with van der Waals surface area (Å²) in [6.07, 6.45) is 2.28. The number of benzene rings is 1. The first-order valence-electron chi connectivity index (χ1n) is 7.15. The minimum absolute atomic E-state index is 0.0813. The number of ether oxygens (including phenoxy) is 1. The Morgan fingerprint density at radius 2 is 2.22 bits per heavy atom. The van der Waals surface area contributed by atoms with Crippen LogP contribution >= 0.6 is 0 Å². The minimum atomic E-state index is -3.70. The lowest BCUT2D eigenvalue weighted by Crippen LogP contribution is -2.21. The van der Waals surface area contributed by atoms with Crippen LogP contribution in [0.15, 0.2) is 18.2 Å². The molecule has 2 N–H and O–H groups in total. The molecule has 1 aliphatic carbocycles. The number of nitrogens with one attached hydrogen (secondary N) is 2. The van der Waals surface area contributed by atoms with Crippen LogP contribution in [0.1, 0.15) is 12.8 Å². The van der Waals surface area contributed by atoms with E-state index in [1.165, 1.54) is 12.1 Å². The molecule has 1 aromatic heterocycles. The number of aromatic nitrogens is 4. The first kappa shape index (κ1) is 15.8. The molecule has 8 nitrogen and oxygen atoms in total. The Hall–Kier alpha value is -2.07. The highest BCUT2D eigenvalue weighted by Gasteiger charge is 2.22. The van der Waals surface area contributed by atoms with E-state index in [4.69, 9.17) is 4.74 Å². The maximum Gasteiger partial charge on any atom is 0.235 e. The third-order valence-electron chi connectivity index (χ3n) is 3.38. The monoisotopic (exact) mass is 341 g/mol. The highest BCUT2D eigenvalue weighted by molar-refractivity contribution is 7.92. The zero-order chi connectivity index (χ0) is 16.3. The molecule has 1 saturated carbocycles. The van der Waals surface area contributed by atoms with Gasteiger partial charge in [-0.3, -0.25) is 4.72 Å². The Labute approximate surface area is 132 Å². The third-order valence-corrected chi connectivity index (χ3v) is 4.62. The molecule has 1 aliphatic rings. The number of halogens is 1. The van der Waals surface area contributed by atoms with Crippen molar-refractivity contribution in [2.24, 2.45) is 5.92 Å². The van der Waals surface area contributed by atoms with Gasteiger partial charge in [0.05, 0.1) is 18.0 Å². The van der Waals surface area contributed by atoms with Gasteiger partial charge < -0.3 is 4.74 Å². The highest BCUT2D eigenvalue weighted by atomic mass is 32.2. The molecule has 1 aromatic carbocycles. The van der Waals surface area contributed by atoms with Crippen LogP contribution in [0.2, 0.25) is 0 Å². The van der Waals surface area contributed by atoms with Crippen LogP contribution in [0.4, 0.5) is 10.1 Å². The highest BCUT2D eigenvalue weighted by Crippen LogP contribution is 2.28. The van der Waals surface area contributed by atoms with E-state index in [-0.39, 0.29) is 23.9 Å². The maximum atomic E-state index is 13.8. The second-order valence-electron chi connectivity index (χ2n) is 5.37. The van der Waals surface area contributed by atoms with Gasteiger partial charge >= 0.3 is 0 Å². The molecule has 124 valence electrons. The molecule has 0 spiro atoms. The fraction of sp³-hybridized carbons (Fsp3) is 0.462. The van der Waals surface area contributed by atoms with Crippen LogP contribution in [0.3, 0.4) is 0 Å². The normalized spacial score (nSPS) is 14.8. The molecule has 0 saturated heterocycles. The molecule has 0 bridgehead atoms. The third kappa shape index (κ3) is 4.45. The number of rotatable bonds is 8. The van der Waals surface area contributed by atoms with Gasteiger partial charge in [0, 0.05) is 12.2 Å². The van der Waals surface area contributed by atoms with Crippen molar-refractivity contribution in [1.29, 1.82) is 0 Å². The summed E-state index contributed by atoms with van der Waals surface area (Å²) in [6.45, 7) is 0.662. The molecular weight excluding hydrogens is 325 g/mol. The van der Waals surface area contributed by atoms with Gasteiger partial charge in [-0.15, -0.1) is 10.2 Å². The molecule has 0 radical (unpaired) electrons. The predicted octanol–water partition coefficient (Wildman–Crippen LogP) is 1.17.